The van der Waals surface area contributed by atoms with Crippen LogP contribution in [0.25, 0.3) is 0 Å². The van der Waals surface area contributed by atoms with Crippen LogP contribution in [0.5, 0.6) is 0 Å². The first kappa shape index (κ1) is 9.98. The van der Waals surface area contributed by atoms with Crippen LogP contribution < -0.4 is 5.32 Å². The van der Waals surface area contributed by atoms with E-state index in [1.807, 2.05) is 30.5 Å². The van der Waals surface area contributed by atoms with E-state index in [4.69, 9.17) is 0 Å². The van der Waals surface area contributed by atoms with Crippen LogP contribution in [0, 0.1) is 0 Å². The van der Waals surface area contributed by atoms with Crippen molar-refractivity contribution in [1.82, 2.24) is 20.1 Å². The van der Waals surface area contributed by atoms with Gasteiger partial charge in [-0.1, -0.05) is 18.2 Å². The molecule has 2 unspecified atom stereocenters. The molecule has 4 nitrogen and oxygen atoms in total. The highest BCUT2D eigenvalue weighted by molar-refractivity contribution is 7.99. The Morgan fingerprint density at radius 2 is 2.43 bits per heavy atom. The van der Waals surface area contributed by atoms with E-state index < -0.39 is 0 Å². The van der Waals surface area contributed by atoms with Crippen LogP contribution in [-0.4, -0.2) is 33.1 Å². The van der Waals surface area contributed by atoms with Gasteiger partial charge in [-0.25, -0.2) is 9.67 Å². The Morgan fingerprint density at radius 1 is 1.57 bits per heavy atom. The Bertz CT molecular complexity index is 299. The van der Waals surface area contributed by atoms with Crippen LogP contribution in [0.4, 0.5) is 0 Å². The first-order chi connectivity index (χ1) is 6.81. The standard InChI is InChI=1S/C9H16N4S/c1-10-7-4-3-5-8(7)14-9-11-6-12-13(9)2/h6-8,10H,3-5H2,1-2H3. The highest BCUT2D eigenvalue weighted by atomic mass is 32.2. The average molecular weight is 212 g/mol. The van der Waals surface area contributed by atoms with Crippen molar-refractivity contribution < 1.29 is 0 Å². The van der Waals surface area contributed by atoms with Gasteiger partial charge in [0.15, 0.2) is 5.16 Å². The zero-order chi connectivity index (χ0) is 9.97. The van der Waals surface area contributed by atoms with E-state index in [2.05, 4.69) is 15.4 Å². The summed E-state index contributed by atoms with van der Waals surface area (Å²) < 4.78 is 1.84. The van der Waals surface area contributed by atoms with Gasteiger partial charge in [-0.15, -0.1) is 0 Å². The summed E-state index contributed by atoms with van der Waals surface area (Å²) in [6.07, 6.45) is 5.50. The van der Waals surface area contributed by atoms with Gasteiger partial charge < -0.3 is 5.32 Å². The maximum atomic E-state index is 4.24. The summed E-state index contributed by atoms with van der Waals surface area (Å²) in [6, 6.07) is 0.636. The molecule has 0 saturated heterocycles. The van der Waals surface area contributed by atoms with Gasteiger partial charge in [-0.2, -0.15) is 5.10 Å². The van der Waals surface area contributed by atoms with E-state index >= 15 is 0 Å². The first-order valence-electron chi connectivity index (χ1n) is 4.99. The molecule has 0 bridgehead atoms. The second-order valence-electron chi connectivity index (χ2n) is 3.65. The molecule has 1 saturated carbocycles. The van der Waals surface area contributed by atoms with E-state index in [0.29, 0.717) is 11.3 Å². The molecule has 0 amide bonds. The maximum absolute atomic E-state index is 4.24. The summed E-state index contributed by atoms with van der Waals surface area (Å²) in [6.45, 7) is 0. The van der Waals surface area contributed by atoms with Crippen LogP contribution in [0.3, 0.4) is 0 Å². The quantitative estimate of drug-likeness (QED) is 0.813. The molecule has 1 aromatic heterocycles. The van der Waals surface area contributed by atoms with Crippen LogP contribution in [0.1, 0.15) is 19.3 Å². The Morgan fingerprint density at radius 3 is 3.07 bits per heavy atom. The number of thioether (sulfide) groups is 1. The van der Waals surface area contributed by atoms with E-state index in [1.165, 1.54) is 19.3 Å². The molecule has 0 aliphatic heterocycles. The minimum absolute atomic E-state index is 0.636. The van der Waals surface area contributed by atoms with Gasteiger partial charge in [0.2, 0.25) is 0 Å². The molecular weight excluding hydrogens is 196 g/mol. The van der Waals surface area contributed by atoms with Crippen molar-refractivity contribution in [3.8, 4) is 0 Å². The molecule has 1 N–H and O–H groups in total. The second kappa shape index (κ2) is 4.31. The summed E-state index contributed by atoms with van der Waals surface area (Å²) >= 11 is 1.84. The molecule has 5 heteroatoms. The molecule has 1 heterocycles. The van der Waals surface area contributed by atoms with E-state index in [1.54, 1.807) is 6.33 Å². The fraction of sp³-hybridized carbons (Fsp3) is 0.778. The smallest absolute Gasteiger partial charge is 0.186 e. The summed E-state index contributed by atoms with van der Waals surface area (Å²) in [7, 11) is 3.99. The van der Waals surface area contributed by atoms with Gasteiger partial charge in [0.25, 0.3) is 0 Å². The molecule has 0 aromatic carbocycles. The van der Waals surface area contributed by atoms with Gasteiger partial charge in [0, 0.05) is 18.3 Å². The van der Waals surface area contributed by atoms with E-state index in [0.717, 1.165) is 5.16 Å². The van der Waals surface area contributed by atoms with Crippen molar-refractivity contribution in [2.75, 3.05) is 7.05 Å². The highest BCUT2D eigenvalue weighted by Crippen LogP contribution is 2.33. The summed E-state index contributed by atoms with van der Waals surface area (Å²) in [5.41, 5.74) is 0. The summed E-state index contributed by atoms with van der Waals surface area (Å²) in [4.78, 5) is 4.24. The summed E-state index contributed by atoms with van der Waals surface area (Å²) in [5, 5.41) is 9.12. The molecule has 0 spiro atoms. The van der Waals surface area contributed by atoms with Crippen molar-refractivity contribution in [2.24, 2.45) is 7.05 Å². The zero-order valence-corrected chi connectivity index (χ0v) is 9.42. The van der Waals surface area contributed by atoms with Gasteiger partial charge in [0.05, 0.1) is 0 Å². The summed E-state index contributed by atoms with van der Waals surface area (Å²) in [5.74, 6) is 0. The lowest BCUT2D eigenvalue weighted by Crippen LogP contribution is -2.30. The highest BCUT2D eigenvalue weighted by Gasteiger charge is 2.27. The fourth-order valence-corrected chi connectivity index (χ4v) is 3.22. The number of nitrogens with zero attached hydrogens (tertiary/aromatic N) is 3. The van der Waals surface area contributed by atoms with Crippen molar-refractivity contribution >= 4 is 11.8 Å². The minimum atomic E-state index is 0.636. The van der Waals surface area contributed by atoms with Crippen LogP contribution in [0.15, 0.2) is 11.5 Å². The number of rotatable bonds is 3. The van der Waals surface area contributed by atoms with Crippen molar-refractivity contribution in [1.29, 1.82) is 0 Å². The maximum Gasteiger partial charge on any atom is 0.186 e. The monoisotopic (exact) mass is 212 g/mol. The third-order valence-corrected chi connectivity index (χ3v) is 4.20. The van der Waals surface area contributed by atoms with Gasteiger partial charge in [0.1, 0.15) is 6.33 Å². The predicted molar refractivity (Wildman–Crippen MR) is 57.3 cm³/mol. The molecule has 2 rings (SSSR count). The third kappa shape index (κ3) is 1.93. The molecule has 1 fully saturated rings. The van der Waals surface area contributed by atoms with Crippen LogP contribution >= 0.6 is 11.8 Å². The first-order valence-corrected chi connectivity index (χ1v) is 5.87. The lowest BCUT2D eigenvalue weighted by Gasteiger charge is -2.17. The van der Waals surface area contributed by atoms with Crippen molar-refractivity contribution in [3.63, 3.8) is 0 Å². The number of hydrogen-bond donors (Lipinski definition) is 1. The SMILES string of the molecule is CNC1CCCC1Sc1ncnn1C. The number of nitrogens with one attached hydrogen (secondary N) is 1. The molecule has 78 valence electrons. The van der Waals surface area contributed by atoms with E-state index in [9.17, 15) is 0 Å². The molecule has 0 radical (unpaired) electrons. The van der Waals surface area contributed by atoms with E-state index in [-0.39, 0.29) is 0 Å². The zero-order valence-electron chi connectivity index (χ0n) is 8.60. The fourth-order valence-electron chi connectivity index (χ4n) is 1.93. The van der Waals surface area contributed by atoms with Gasteiger partial charge in [-0.05, 0) is 19.9 Å². The number of aryl methyl sites for hydroxylation is 1. The lowest BCUT2D eigenvalue weighted by molar-refractivity contribution is 0.588. The van der Waals surface area contributed by atoms with Crippen molar-refractivity contribution in [3.05, 3.63) is 6.33 Å². The molecule has 14 heavy (non-hydrogen) atoms. The largest absolute Gasteiger partial charge is 0.316 e. The Balaban J connectivity index is 2.00. The Kier molecular flexibility index (Phi) is 3.08. The third-order valence-electron chi connectivity index (χ3n) is 2.75. The van der Waals surface area contributed by atoms with Crippen molar-refractivity contribution in [2.45, 2.75) is 35.7 Å². The normalized spacial score (nSPS) is 27.0. The van der Waals surface area contributed by atoms with Gasteiger partial charge in [-0.3, -0.25) is 0 Å². The topological polar surface area (TPSA) is 42.7 Å². The molecule has 1 aromatic rings. The van der Waals surface area contributed by atoms with Crippen LogP contribution in [-0.2, 0) is 7.05 Å². The molecule has 1 aliphatic carbocycles. The predicted octanol–water partition coefficient (Wildman–Crippen LogP) is 1.05. The lowest BCUT2D eigenvalue weighted by atomic mass is 10.2. The average Bonchev–Trinajstić information content (AvgIpc) is 2.77. The van der Waals surface area contributed by atoms with Crippen LogP contribution in [0.2, 0.25) is 0 Å². The molecule has 1 aliphatic rings. The molecule has 2 atom stereocenters. The Labute approximate surface area is 88.5 Å². The minimum Gasteiger partial charge on any atom is -0.316 e. The van der Waals surface area contributed by atoms with Gasteiger partial charge >= 0.3 is 0 Å². The Hall–Kier alpha value is -0.550. The second-order valence-corrected chi connectivity index (χ2v) is 4.85. The molecular formula is C9H16N4S. The number of hydrogen-bond acceptors (Lipinski definition) is 4. The number of aromatic nitrogens is 3.